The van der Waals surface area contributed by atoms with E-state index in [4.69, 9.17) is 20.9 Å². The highest BCUT2D eigenvalue weighted by Gasteiger charge is 2.37. The second-order valence-electron chi connectivity index (χ2n) is 6.43. The van der Waals surface area contributed by atoms with E-state index in [-0.39, 0.29) is 24.6 Å². The van der Waals surface area contributed by atoms with Gasteiger partial charge < -0.3 is 18.7 Å². The Balaban J connectivity index is 1.61. The second kappa shape index (κ2) is 6.74. The number of rotatable bonds is 3. The van der Waals surface area contributed by atoms with Crippen LogP contribution in [-0.4, -0.2) is 44.8 Å². The molecule has 0 aliphatic carbocycles. The maximum absolute atomic E-state index is 13.1. The normalized spacial score (nSPS) is 20.7. The standard InChI is InChI=1S/C18H19ClN4O3/c1-11-17(18-20-12(2)21-26-18)23(7-8-25-11)16(24)10-22-6-5-13-3-4-14(19)9-15(13)22/h3-6,9,11,17H,7-8,10H2,1-2H3/t11-,17+/m1/s1. The van der Waals surface area contributed by atoms with Crippen LogP contribution >= 0.6 is 11.6 Å². The van der Waals surface area contributed by atoms with Gasteiger partial charge in [-0.25, -0.2) is 0 Å². The van der Waals surface area contributed by atoms with E-state index in [0.717, 1.165) is 10.9 Å². The number of benzene rings is 1. The summed E-state index contributed by atoms with van der Waals surface area (Å²) in [7, 11) is 0. The SMILES string of the molecule is Cc1noc([C@@H]2[C@@H](C)OCCN2C(=O)Cn2ccc3ccc(Cl)cc32)n1. The lowest BCUT2D eigenvalue weighted by atomic mass is 10.1. The molecule has 0 N–H and O–H groups in total. The third kappa shape index (κ3) is 3.08. The van der Waals surface area contributed by atoms with Gasteiger partial charge >= 0.3 is 0 Å². The number of nitrogens with zero attached hydrogens (tertiary/aromatic N) is 4. The molecule has 1 fully saturated rings. The summed E-state index contributed by atoms with van der Waals surface area (Å²) in [5.74, 6) is 0.915. The van der Waals surface area contributed by atoms with Crippen molar-refractivity contribution in [3.05, 3.63) is 47.2 Å². The molecule has 0 radical (unpaired) electrons. The highest BCUT2D eigenvalue weighted by molar-refractivity contribution is 6.31. The molecule has 3 heterocycles. The Hall–Kier alpha value is -2.38. The van der Waals surface area contributed by atoms with E-state index < -0.39 is 0 Å². The number of halogens is 1. The molecule has 4 rings (SSSR count). The van der Waals surface area contributed by atoms with Gasteiger partial charge in [0.05, 0.1) is 12.7 Å². The topological polar surface area (TPSA) is 73.4 Å². The summed E-state index contributed by atoms with van der Waals surface area (Å²) in [5, 5.41) is 5.53. The van der Waals surface area contributed by atoms with Crippen molar-refractivity contribution in [3.63, 3.8) is 0 Å². The van der Waals surface area contributed by atoms with Gasteiger partial charge in [0.2, 0.25) is 5.91 Å². The molecule has 26 heavy (non-hydrogen) atoms. The first-order valence-corrected chi connectivity index (χ1v) is 8.86. The second-order valence-corrected chi connectivity index (χ2v) is 6.87. The summed E-state index contributed by atoms with van der Waals surface area (Å²) in [5.41, 5.74) is 0.928. The summed E-state index contributed by atoms with van der Waals surface area (Å²) < 4.78 is 12.9. The fourth-order valence-electron chi connectivity index (χ4n) is 3.40. The van der Waals surface area contributed by atoms with Crippen LogP contribution in [0.4, 0.5) is 0 Å². The van der Waals surface area contributed by atoms with Crippen molar-refractivity contribution in [2.75, 3.05) is 13.2 Å². The van der Waals surface area contributed by atoms with Crippen LogP contribution < -0.4 is 0 Å². The fourth-order valence-corrected chi connectivity index (χ4v) is 3.57. The van der Waals surface area contributed by atoms with Crippen LogP contribution in [-0.2, 0) is 16.1 Å². The third-order valence-corrected chi connectivity index (χ3v) is 4.89. The largest absolute Gasteiger partial charge is 0.374 e. The maximum Gasteiger partial charge on any atom is 0.252 e. The number of aromatic nitrogens is 3. The molecule has 0 unspecified atom stereocenters. The summed E-state index contributed by atoms with van der Waals surface area (Å²) >= 11 is 6.10. The number of aryl methyl sites for hydroxylation is 1. The zero-order valence-corrected chi connectivity index (χ0v) is 15.3. The van der Waals surface area contributed by atoms with Gasteiger partial charge in [-0.05, 0) is 37.4 Å². The zero-order valence-electron chi connectivity index (χ0n) is 14.6. The summed E-state index contributed by atoms with van der Waals surface area (Å²) in [6, 6.07) is 7.24. The maximum atomic E-state index is 13.1. The van der Waals surface area contributed by atoms with Gasteiger partial charge in [0, 0.05) is 23.3 Å². The smallest absolute Gasteiger partial charge is 0.252 e. The molecule has 0 spiro atoms. The quantitative estimate of drug-likeness (QED) is 0.704. The first-order valence-electron chi connectivity index (χ1n) is 8.48. The lowest BCUT2D eigenvalue weighted by Crippen LogP contribution is -2.48. The van der Waals surface area contributed by atoms with E-state index in [1.807, 2.05) is 42.0 Å². The van der Waals surface area contributed by atoms with Crippen LogP contribution in [0.3, 0.4) is 0 Å². The molecule has 1 amide bonds. The highest BCUT2D eigenvalue weighted by Crippen LogP contribution is 2.29. The number of morpholine rings is 1. The van der Waals surface area contributed by atoms with Crippen molar-refractivity contribution in [1.82, 2.24) is 19.6 Å². The molecule has 2 aromatic heterocycles. The van der Waals surface area contributed by atoms with Crippen LogP contribution in [0.5, 0.6) is 0 Å². The van der Waals surface area contributed by atoms with Crippen LogP contribution in [0, 0.1) is 6.92 Å². The molecule has 1 aliphatic heterocycles. The van der Waals surface area contributed by atoms with Gasteiger partial charge in [0.1, 0.15) is 12.6 Å². The van der Waals surface area contributed by atoms with Gasteiger partial charge in [-0.3, -0.25) is 4.79 Å². The summed E-state index contributed by atoms with van der Waals surface area (Å²) in [6.07, 6.45) is 1.68. The predicted molar refractivity (Wildman–Crippen MR) is 95.9 cm³/mol. The first kappa shape index (κ1) is 17.1. The van der Waals surface area contributed by atoms with Crippen molar-refractivity contribution in [1.29, 1.82) is 0 Å². The van der Waals surface area contributed by atoms with Crippen LogP contribution in [0.25, 0.3) is 10.9 Å². The minimum Gasteiger partial charge on any atom is -0.374 e. The monoisotopic (exact) mass is 374 g/mol. The summed E-state index contributed by atoms with van der Waals surface area (Å²) in [6.45, 7) is 4.84. The molecular formula is C18H19ClN4O3. The van der Waals surface area contributed by atoms with Crippen molar-refractivity contribution >= 4 is 28.4 Å². The molecule has 7 nitrogen and oxygen atoms in total. The predicted octanol–water partition coefficient (Wildman–Crippen LogP) is 2.97. The number of fused-ring (bicyclic) bond motifs is 1. The molecule has 0 saturated carbocycles. The Morgan fingerprint density at radius 3 is 3.00 bits per heavy atom. The number of ether oxygens (including phenoxy) is 1. The average molecular weight is 375 g/mol. The van der Waals surface area contributed by atoms with Crippen molar-refractivity contribution in [3.8, 4) is 0 Å². The lowest BCUT2D eigenvalue weighted by Gasteiger charge is -2.37. The molecule has 1 aliphatic rings. The molecule has 1 aromatic carbocycles. The zero-order chi connectivity index (χ0) is 18.3. The van der Waals surface area contributed by atoms with E-state index in [1.165, 1.54) is 0 Å². The Morgan fingerprint density at radius 2 is 2.23 bits per heavy atom. The first-order chi connectivity index (χ1) is 12.5. The third-order valence-electron chi connectivity index (χ3n) is 4.65. The van der Waals surface area contributed by atoms with Crippen LogP contribution in [0.15, 0.2) is 35.0 Å². The molecule has 3 aromatic rings. The Bertz CT molecular complexity index is 951. The van der Waals surface area contributed by atoms with Gasteiger partial charge in [-0.15, -0.1) is 0 Å². The Kier molecular flexibility index (Phi) is 4.42. The minimum atomic E-state index is -0.386. The van der Waals surface area contributed by atoms with Crippen molar-refractivity contribution in [2.24, 2.45) is 0 Å². The fraction of sp³-hybridized carbons (Fsp3) is 0.389. The summed E-state index contributed by atoms with van der Waals surface area (Å²) in [4.78, 5) is 19.1. The van der Waals surface area contributed by atoms with Crippen LogP contribution in [0.1, 0.15) is 24.7 Å². The van der Waals surface area contributed by atoms with Gasteiger partial charge in [-0.2, -0.15) is 4.98 Å². The van der Waals surface area contributed by atoms with Gasteiger partial charge in [0.25, 0.3) is 5.89 Å². The van der Waals surface area contributed by atoms with Crippen molar-refractivity contribution in [2.45, 2.75) is 32.5 Å². The van der Waals surface area contributed by atoms with E-state index in [2.05, 4.69) is 10.1 Å². The van der Waals surface area contributed by atoms with E-state index >= 15 is 0 Å². The van der Waals surface area contributed by atoms with Gasteiger partial charge in [0.15, 0.2) is 5.82 Å². The molecule has 1 saturated heterocycles. The molecule has 136 valence electrons. The minimum absolute atomic E-state index is 0.0292. The van der Waals surface area contributed by atoms with Gasteiger partial charge in [-0.1, -0.05) is 22.8 Å². The number of amides is 1. The number of carbonyl (C=O) groups excluding carboxylic acids is 1. The number of hydrogen-bond donors (Lipinski definition) is 0. The molecule has 8 heteroatoms. The number of hydrogen-bond acceptors (Lipinski definition) is 5. The van der Waals surface area contributed by atoms with E-state index in [0.29, 0.717) is 29.9 Å². The van der Waals surface area contributed by atoms with E-state index in [9.17, 15) is 4.79 Å². The van der Waals surface area contributed by atoms with Crippen molar-refractivity contribution < 1.29 is 14.1 Å². The highest BCUT2D eigenvalue weighted by atomic mass is 35.5. The lowest BCUT2D eigenvalue weighted by molar-refractivity contribution is -0.148. The average Bonchev–Trinajstić information content (AvgIpc) is 3.21. The number of carbonyl (C=O) groups is 1. The Labute approximate surface area is 155 Å². The van der Waals surface area contributed by atoms with Crippen LogP contribution in [0.2, 0.25) is 5.02 Å². The molecular weight excluding hydrogens is 356 g/mol. The molecule has 2 atom stereocenters. The Morgan fingerprint density at radius 1 is 1.38 bits per heavy atom. The molecule has 0 bridgehead atoms. The van der Waals surface area contributed by atoms with E-state index in [1.54, 1.807) is 11.8 Å².